The normalized spacial score (nSPS) is 11.2. The number of carbonyl (C=O) groups excluding carboxylic acids is 1. The van der Waals surface area contributed by atoms with E-state index in [1.165, 1.54) is 24.4 Å². The first-order valence-corrected chi connectivity index (χ1v) is 9.56. The number of hydrogen-bond donors (Lipinski definition) is 2. The van der Waals surface area contributed by atoms with Gasteiger partial charge in [0.05, 0.1) is 34.4 Å². The van der Waals surface area contributed by atoms with E-state index >= 15 is 0 Å². The molecule has 0 atom stereocenters. The Bertz CT molecular complexity index is 1300. The van der Waals surface area contributed by atoms with E-state index in [1.807, 2.05) is 0 Å². The quantitative estimate of drug-likeness (QED) is 0.449. The van der Waals surface area contributed by atoms with Gasteiger partial charge in [0.2, 0.25) is 0 Å². The SMILES string of the molecule is O=C(O)c1ccc(-c2ccc(NC(=O)c3cn(-c4ccccc4)nc3C(F)(F)F)cn2)cc1. The van der Waals surface area contributed by atoms with Crippen LogP contribution in [0.5, 0.6) is 0 Å². The number of alkyl halides is 3. The van der Waals surface area contributed by atoms with Gasteiger partial charge in [-0.05, 0) is 36.4 Å². The van der Waals surface area contributed by atoms with Gasteiger partial charge in [-0.25, -0.2) is 9.48 Å². The summed E-state index contributed by atoms with van der Waals surface area (Å²) in [5.74, 6) is -2.04. The van der Waals surface area contributed by atoms with Crippen molar-refractivity contribution in [2.75, 3.05) is 5.32 Å². The van der Waals surface area contributed by atoms with Crippen LogP contribution in [-0.4, -0.2) is 31.7 Å². The predicted octanol–water partition coefficient (Wildman–Crippen LogP) is 4.90. The third kappa shape index (κ3) is 4.74. The maximum absolute atomic E-state index is 13.5. The van der Waals surface area contributed by atoms with Gasteiger partial charge in [-0.1, -0.05) is 30.3 Å². The molecule has 2 heterocycles. The standard InChI is InChI=1S/C23H15F3N4O3/c24-23(25,26)20-18(13-30(29-20)17-4-2-1-3-5-17)21(31)28-16-10-11-19(27-12-16)14-6-8-15(9-7-14)22(32)33/h1-13H,(H,28,31)(H,32,33). The van der Waals surface area contributed by atoms with Gasteiger partial charge in [-0.2, -0.15) is 18.3 Å². The fourth-order valence-electron chi connectivity index (χ4n) is 3.08. The molecule has 4 rings (SSSR count). The van der Waals surface area contributed by atoms with Crippen LogP contribution in [0, 0.1) is 0 Å². The van der Waals surface area contributed by atoms with Gasteiger partial charge in [0.15, 0.2) is 5.69 Å². The molecule has 2 aromatic carbocycles. The number of carbonyl (C=O) groups is 2. The number of nitrogens with zero attached hydrogens (tertiary/aromatic N) is 3. The summed E-state index contributed by atoms with van der Waals surface area (Å²) in [4.78, 5) is 27.8. The molecule has 0 aliphatic heterocycles. The molecule has 10 heteroatoms. The van der Waals surface area contributed by atoms with Crippen molar-refractivity contribution in [3.8, 4) is 16.9 Å². The fourth-order valence-corrected chi connectivity index (χ4v) is 3.08. The first-order valence-electron chi connectivity index (χ1n) is 9.56. The highest BCUT2D eigenvalue weighted by Crippen LogP contribution is 2.32. The number of anilines is 1. The number of carboxylic acid groups (broad SMARTS) is 1. The highest BCUT2D eigenvalue weighted by molar-refractivity contribution is 6.05. The van der Waals surface area contributed by atoms with E-state index in [1.54, 1.807) is 48.5 Å². The van der Waals surface area contributed by atoms with Crippen molar-refractivity contribution in [2.45, 2.75) is 6.18 Å². The number of amides is 1. The van der Waals surface area contributed by atoms with Crippen molar-refractivity contribution in [3.63, 3.8) is 0 Å². The van der Waals surface area contributed by atoms with E-state index in [4.69, 9.17) is 5.11 Å². The van der Waals surface area contributed by atoms with Gasteiger partial charge in [0, 0.05) is 11.8 Å². The number of aromatic carboxylic acids is 1. The van der Waals surface area contributed by atoms with Crippen molar-refractivity contribution in [3.05, 3.63) is 95.9 Å². The molecule has 0 radical (unpaired) electrons. The summed E-state index contributed by atoms with van der Waals surface area (Å²) < 4.78 is 41.5. The number of aromatic nitrogens is 3. The third-order valence-electron chi connectivity index (χ3n) is 4.70. The van der Waals surface area contributed by atoms with E-state index in [0.29, 0.717) is 16.9 Å². The maximum Gasteiger partial charge on any atom is 0.435 e. The summed E-state index contributed by atoms with van der Waals surface area (Å²) in [5, 5.41) is 14.9. The van der Waals surface area contributed by atoms with Crippen LogP contribution in [0.1, 0.15) is 26.4 Å². The van der Waals surface area contributed by atoms with Crippen LogP contribution in [-0.2, 0) is 6.18 Å². The number of nitrogens with one attached hydrogen (secondary N) is 1. The van der Waals surface area contributed by atoms with Crippen LogP contribution in [0.4, 0.5) is 18.9 Å². The van der Waals surface area contributed by atoms with Gasteiger partial charge in [0.25, 0.3) is 5.91 Å². The van der Waals surface area contributed by atoms with Crippen LogP contribution in [0.3, 0.4) is 0 Å². The molecule has 2 aromatic heterocycles. The van der Waals surface area contributed by atoms with E-state index in [9.17, 15) is 22.8 Å². The number of benzene rings is 2. The second-order valence-electron chi connectivity index (χ2n) is 6.94. The molecular formula is C23H15F3N4O3. The minimum atomic E-state index is -4.82. The second-order valence-corrected chi connectivity index (χ2v) is 6.94. The van der Waals surface area contributed by atoms with Gasteiger partial charge in [-0.3, -0.25) is 9.78 Å². The summed E-state index contributed by atoms with van der Waals surface area (Å²) in [7, 11) is 0. The van der Waals surface area contributed by atoms with Gasteiger partial charge >= 0.3 is 12.1 Å². The molecule has 33 heavy (non-hydrogen) atoms. The summed E-state index contributed by atoms with van der Waals surface area (Å²) in [5.41, 5.74) is -0.0986. The Morgan fingerprint density at radius 3 is 2.21 bits per heavy atom. The number of carboxylic acids is 1. The molecule has 0 spiro atoms. The molecule has 2 N–H and O–H groups in total. The van der Waals surface area contributed by atoms with Gasteiger partial charge in [-0.15, -0.1) is 0 Å². The zero-order valence-electron chi connectivity index (χ0n) is 16.7. The Kier molecular flexibility index (Phi) is 5.65. The third-order valence-corrected chi connectivity index (χ3v) is 4.70. The molecule has 0 fully saturated rings. The van der Waals surface area contributed by atoms with Crippen LogP contribution < -0.4 is 5.32 Å². The first-order chi connectivity index (χ1) is 15.7. The first kappa shape index (κ1) is 21.8. The highest BCUT2D eigenvalue weighted by Gasteiger charge is 2.39. The van der Waals surface area contributed by atoms with Crippen molar-refractivity contribution >= 4 is 17.6 Å². The summed E-state index contributed by atoms with van der Waals surface area (Å²) in [6.07, 6.45) is -2.50. The molecule has 0 unspecified atom stereocenters. The Morgan fingerprint density at radius 1 is 0.939 bits per heavy atom. The number of para-hydroxylation sites is 1. The molecule has 166 valence electrons. The fraction of sp³-hybridized carbons (Fsp3) is 0.0435. The monoisotopic (exact) mass is 452 g/mol. The Labute approximate surface area is 185 Å². The summed E-state index contributed by atoms with van der Waals surface area (Å²) in [6, 6.07) is 17.2. The zero-order chi connectivity index (χ0) is 23.6. The second kappa shape index (κ2) is 8.58. The highest BCUT2D eigenvalue weighted by atomic mass is 19.4. The van der Waals surface area contributed by atoms with E-state index in [0.717, 1.165) is 10.9 Å². The molecule has 0 aliphatic rings. The minimum absolute atomic E-state index is 0.124. The topological polar surface area (TPSA) is 97.1 Å². The molecule has 0 saturated carbocycles. The van der Waals surface area contributed by atoms with Gasteiger partial charge in [0.1, 0.15) is 0 Å². The van der Waals surface area contributed by atoms with Crippen LogP contribution in [0.25, 0.3) is 16.9 Å². The Balaban J connectivity index is 1.57. The largest absolute Gasteiger partial charge is 0.478 e. The van der Waals surface area contributed by atoms with Crippen molar-refractivity contribution in [2.24, 2.45) is 0 Å². The molecule has 4 aromatic rings. The molecule has 0 saturated heterocycles. The molecule has 0 aliphatic carbocycles. The predicted molar refractivity (Wildman–Crippen MR) is 113 cm³/mol. The minimum Gasteiger partial charge on any atom is -0.478 e. The van der Waals surface area contributed by atoms with Crippen molar-refractivity contribution < 1.29 is 27.9 Å². The average Bonchev–Trinajstić information content (AvgIpc) is 3.27. The Hall–Kier alpha value is -4.47. The molecular weight excluding hydrogens is 437 g/mol. The average molecular weight is 452 g/mol. The molecule has 0 bridgehead atoms. The number of halogens is 3. The lowest BCUT2D eigenvalue weighted by Gasteiger charge is -2.08. The summed E-state index contributed by atoms with van der Waals surface area (Å²) in [6.45, 7) is 0. The zero-order valence-corrected chi connectivity index (χ0v) is 16.7. The smallest absolute Gasteiger partial charge is 0.435 e. The summed E-state index contributed by atoms with van der Waals surface area (Å²) >= 11 is 0. The maximum atomic E-state index is 13.5. The van der Waals surface area contributed by atoms with Gasteiger partial charge < -0.3 is 10.4 Å². The lowest BCUT2D eigenvalue weighted by molar-refractivity contribution is -0.141. The molecule has 1 amide bonds. The van der Waals surface area contributed by atoms with Crippen LogP contribution in [0.2, 0.25) is 0 Å². The van der Waals surface area contributed by atoms with Crippen molar-refractivity contribution in [1.29, 1.82) is 0 Å². The van der Waals surface area contributed by atoms with E-state index < -0.39 is 29.3 Å². The van der Waals surface area contributed by atoms with E-state index in [-0.39, 0.29) is 11.3 Å². The number of pyridine rings is 1. The Morgan fingerprint density at radius 2 is 1.64 bits per heavy atom. The van der Waals surface area contributed by atoms with Crippen molar-refractivity contribution in [1.82, 2.24) is 14.8 Å². The lowest BCUT2D eigenvalue weighted by Crippen LogP contribution is -2.17. The molecule has 7 nitrogen and oxygen atoms in total. The number of hydrogen-bond acceptors (Lipinski definition) is 4. The van der Waals surface area contributed by atoms with Crippen LogP contribution >= 0.6 is 0 Å². The number of rotatable bonds is 5. The van der Waals surface area contributed by atoms with Crippen LogP contribution in [0.15, 0.2) is 79.1 Å². The van der Waals surface area contributed by atoms with E-state index in [2.05, 4.69) is 15.4 Å². The lowest BCUT2D eigenvalue weighted by atomic mass is 10.1.